The van der Waals surface area contributed by atoms with Gasteiger partial charge >= 0.3 is 0 Å². The van der Waals surface area contributed by atoms with Crippen LogP contribution >= 0.6 is 0 Å². The predicted octanol–water partition coefficient (Wildman–Crippen LogP) is 1.75. The molecular formula is C15H18N2O2. The van der Waals surface area contributed by atoms with E-state index in [0.29, 0.717) is 11.8 Å². The Bertz CT molecular complexity index is 494. The second-order valence-electron chi connectivity index (χ2n) is 5.27. The largest absolute Gasteiger partial charge is 0.462 e. The van der Waals surface area contributed by atoms with Gasteiger partial charge in [-0.25, -0.2) is 4.99 Å². The van der Waals surface area contributed by atoms with Gasteiger partial charge in [-0.2, -0.15) is 0 Å². The minimum atomic E-state index is -0.492. The number of nitrogens with one attached hydrogen (secondary N) is 1. The third-order valence-electron chi connectivity index (χ3n) is 3.54. The summed E-state index contributed by atoms with van der Waals surface area (Å²) in [4.78, 5) is 16.5. The molecule has 1 aromatic carbocycles. The number of aliphatic imine (C=N–C) groups is 1. The van der Waals surface area contributed by atoms with Gasteiger partial charge in [0.05, 0.1) is 6.04 Å². The fraction of sp³-hybridized carbons (Fsp3) is 0.467. The van der Waals surface area contributed by atoms with Crippen LogP contribution in [0.15, 0.2) is 35.3 Å². The molecule has 0 bridgehead atoms. The zero-order valence-electron chi connectivity index (χ0n) is 11.0. The third-order valence-corrected chi connectivity index (χ3v) is 3.54. The molecule has 4 nitrogen and oxygen atoms in total. The van der Waals surface area contributed by atoms with Gasteiger partial charge in [-0.3, -0.25) is 4.79 Å². The average molecular weight is 258 g/mol. The van der Waals surface area contributed by atoms with Gasteiger partial charge in [0.2, 0.25) is 12.0 Å². The molecule has 1 saturated carbocycles. The van der Waals surface area contributed by atoms with Crippen LogP contribution in [-0.4, -0.2) is 30.5 Å². The monoisotopic (exact) mass is 258 g/mol. The molecule has 0 spiro atoms. The molecule has 1 amide bonds. The number of amides is 1. The first-order valence-corrected chi connectivity index (χ1v) is 6.81. The lowest BCUT2D eigenvalue weighted by atomic mass is 10.2. The SMILES string of the molecule is CC1N=C(c2ccccc2)OC1C(=O)NCC1CC1. The summed E-state index contributed by atoms with van der Waals surface area (Å²) < 4.78 is 5.71. The van der Waals surface area contributed by atoms with Crippen LogP contribution in [0, 0.1) is 5.92 Å². The van der Waals surface area contributed by atoms with E-state index in [4.69, 9.17) is 4.74 Å². The Morgan fingerprint density at radius 2 is 2.11 bits per heavy atom. The number of hydrogen-bond donors (Lipinski definition) is 1. The van der Waals surface area contributed by atoms with Crippen molar-refractivity contribution in [1.29, 1.82) is 0 Å². The second kappa shape index (κ2) is 5.03. The van der Waals surface area contributed by atoms with E-state index in [0.717, 1.165) is 12.1 Å². The number of carbonyl (C=O) groups is 1. The van der Waals surface area contributed by atoms with Gasteiger partial charge in [0.1, 0.15) is 0 Å². The Kier molecular flexibility index (Phi) is 3.23. The van der Waals surface area contributed by atoms with Gasteiger partial charge in [0.15, 0.2) is 0 Å². The molecule has 0 aromatic heterocycles. The lowest BCUT2D eigenvalue weighted by Crippen LogP contribution is -2.40. The van der Waals surface area contributed by atoms with Gasteiger partial charge in [-0.15, -0.1) is 0 Å². The maximum Gasteiger partial charge on any atom is 0.263 e. The number of hydrogen-bond acceptors (Lipinski definition) is 3. The summed E-state index contributed by atoms with van der Waals surface area (Å²) >= 11 is 0. The maximum atomic E-state index is 12.1. The highest BCUT2D eigenvalue weighted by Crippen LogP contribution is 2.27. The zero-order chi connectivity index (χ0) is 13.2. The summed E-state index contributed by atoms with van der Waals surface area (Å²) in [5, 5.41) is 2.95. The summed E-state index contributed by atoms with van der Waals surface area (Å²) in [6.07, 6.45) is 1.97. The fourth-order valence-electron chi connectivity index (χ4n) is 2.17. The van der Waals surface area contributed by atoms with E-state index in [-0.39, 0.29) is 11.9 Å². The number of ether oxygens (including phenoxy) is 1. The molecule has 1 aliphatic carbocycles. The van der Waals surface area contributed by atoms with Crippen molar-refractivity contribution in [3.05, 3.63) is 35.9 Å². The Morgan fingerprint density at radius 1 is 1.37 bits per heavy atom. The van der Waals surface area contributed by atoms with E-state index in [2.05, 4.69) is 10.3 Å². The Balaban J connectivity index is 1.62. The van der Waals surface area contributed by atoms with Crippen molar-refractivity contribution in [1.82, 2.24) is 5.32 Å². The molecule has 100 valence electrons. The van der Waals surface area contributed by atoms with Crippen LogP contribution in [-0.2, 0) is 9.53 Å². The van der Waals surface area contributed by atoms with Crippen LogP contribution in [0.25, 0.3) is 0 Å². The standard InChI is InChI=1S/C15H18N2O2/c1-10-13(14(18)16-9-11-7-8-11)19-15(17-10)12-5-3-2-4-6-12/h2-6,10-11,13H,7-9H2,1H3,(H,16,18). The van der Waals surface area contributed by atoms with Gasteiger partial charge in [0, 0.05) is 12.1 Å². The molecule has 0 saturated heterocycles. The molecule has 2 unspecified atom stereocenters. The number of carbonyl (C=O) groups excluding carboxylic acids is 1. The minimum absolute atomic E-state index is 0.0471. The molecule has 1 fully saturated rings. The van der Waals surface area contributed by atoms with E-state index in [1.807, 2.05) is 37.3 Å². The third kappa shape index (κ3) is 2.78. The number of nitrogens with zero attached hydrogens (tertiary/aromatic N) is 1. The smallest absolute Gasteiger partial charge is 0.263 e. The topological polar surface area (TPSA) is 50.7 Å². The molecule has 1 N–H and O–H groups in total. The highest BCUT2D eigenvalue weighted by molar-refractivity contribution is 5.98. The normalized spacial score (nSPS) is 25.6. The molecule has 2 aliphatic rings. The molecule has 3 rings (SSSR count). The average Bonchev–Trinajstić information content (AvgIpc) is 3.18. The van der Waals surface area contributed by atoms with Crippen LogP contribution in [0.5, 0.6) is 0 Å². The quantitative estimate of drug-likeness (QED) is 0.894. The molecule has 1 aliphatic heterocycles. The van der Waals surface area contributed by atoms with Crippen molar-refractivity contribution < 1.29 is 9.53 Å². The lowest BCUT2D eigenvalue weighted by molar-refractivity contribution is -0.128. The highest BCUT2D eigenvalue weighted by Gasteiger charge is 2.34. The molecule has 19 heavy (non-hydrogen) atoms. The predicted molar refractivity (Wildman–Crippen MR) is 73.0 cm³/mol. The van der Waals surface area contributed by atoms with Crippen LogP contribution in [0.1, 0.15) is 25.3 Å². The molecule has 2 atom stereocenters. The molecular weight excluding hydrogens is 240 g/mol. The molecule has 1 aromatic rings. The first-order chi connectivity index (χ1) is 9.24. The number of rotatable bonds is 4. The molecule has 1 heterocycles. The van der Waals surface area contributed by atoms with Crippen molar-refractivity contribution in [3.63, 3.8) is 0 Å². The minimum Gasteiger partial charge on any atom is -0.462 e. The van der Waals surface area contributed by atoms with Gasteiger partial charge in [-0.1, -0.05) is 18.2 Å². The van der Waals surface area contributed by atoms with Crippen LogP contribution in [0.3, 0.4) is 0 Å². The summed E-state index contributed by atoms with van der Waals surface area (Å²) in [5.74, 6) is 1.20. The van der Waals surface area contributed by atoms with E-state index >= 15 is 0 Å². The van der Waals surface area contributed by atoms with Crippen LogP contribution in [0.4, 0.5) is 0 Å². The van der Waals surface area contributed by atoms with E-state index < -0.39 is 6.10 Å². The maximum absolute atomic E-state index is 12.1. The van der Waals surface area contributed by atoms with Crippen LogP contribution < -0.4 is 5.32 Å². The summed E-state index contributed by atoms with van der Waals surface area (Å²) in [6, 6.07) is 9.57. The molecule has 4 heteroatoms. The van der Waals surface area contributed by atoms with E-state index in [1.54, 1.807) is 0 Å². The zero-order valence-corrected chi connectivity index (χ0v) is 11.0. The lowest BCUT2D eigenvalue weighted by Gasteiger charge is -2.14. The van der Waals surface area contributed by atoms with Crippen LogP contribution in [0.2, 0.25) is 0 Å². The van der Waals surface area contributed by atoms with Crippen molar-refractivity contribution >= 4 is 11.8 Å². The summed E-state index contributed by atoms with van der Waals surface area (Å²) in [5.41, 5.74) is 0.923. The first-order valence-electron chi connectivity index (χ1n) is 6.81. The van der Waals surface area contributed by atoms with Crippen molar-refractivity contribution in [3.8, 4) is 0 Å². The summed E-state index contributed by atoms with van der Waals surface area (Å²) in [6.45, 7) is 2.68. The van der Waals surface area contributed by atoms with E-state index in [1.165, 1.54) is 12.8 Å². The van der Waals surface area contributed by atoms with Crippen molar-refractivity contribution in [2.24, 2.45) is 10.9 Å². The Morgan fingerprint density at radius 3 is 2.79 bits per heavy atom. The number of benzene rings is 1. The molecule has 0 radical (unpaired) electrons. The fourth-order valence-corrected chi connectivity index (χ4v) is 2.17. The van der Waals surface area contributed by atoms with Gasteiger partial charge in [-0.05, 0) is 37.8 Å². The second-order valence-corrected chi connectivity index (χ2v) is 5.27. The first kappa shape index (κ1) is 12.2. The van der Waals surface area contributed by atoms with E-state index in [9.17, 15) is 4.79 Å². The van der Waals surface area contributed by atoms with Crippen molar-refractivity contribution in [2.75, 3.05) is 6.54 Å². The Labute approximate surface area is 112 Å². The van der Waals surface area contributed by atoms with Gasteiger partial charge in [0.25, 0.3) is 5.91 Å². The summed E-state index contributed by atoms with van der Waals surface area (Å²) in [7, 11) is 0. The van der Waals surface area contributed by atoms with Crippen molar-refractivity contribution in [2.45, 2.75) is 31.9 Å². The highest BCUT2D eigenvalue weighted by atomic mass is 16.5. The Hall–Kier alpha value is -1.84. The van der Waals surface area contributed by atoms with Gasteiger partial charge < -0.3 is 10.1 Å².